The Bertz CT molecular complexity index is 892. The standard InChI is InChI=1S/C9H9ClFN3.C7H4ClFO.CH6N4.ClH/c10-7-2-1-6(3-8(7)11)4-14-5-9(12)13;8-6-2-1-5(4-10)3-7(6)9;2-1(3)5-4;/h1-4H,5H2,(H3,12,13);1-4H;4H2,(H4,2,3,5);1H. The van der Waals surface area contributed by atoms with Crippen LogP contribution in [0.1, 0.15) is 15.9 Å². The topological polar surface area (TPSA) is 170 Å². The van der Waals surface area contributed by atoms with Crippen LogP contribution in [-0.4, -0.2) is 30.8 Å². The van der Waals surface area contributed by atoms with Crippen LogP contribution in [0, 0.1) is 17.0 Å². The molecule has 164 valence electrons. The van der Waals surface area contributed by atoms with Crippen LogP contribution < -0.4 is 23.0 Å². The molecule has 0 atom stereocenters. The Morgan fingerprint density at radius 3 is 1.80 bits per heavy atom. The Labute approximate surface area is 187 Å². The number of aliphatic imine (C=N–C) groups is 1. The molecule has 0 amide bonds. The van der Waals surface area contributed by atoms with Crippen molar-refractivity contribution in [3.63, 3.8) is 0 Å². The number of hydrogen-bond acceptors (Lipinski definition) is 5. The fourth-order valence-electron chi connectivity index (χ4n) is 1.43. The largest absolute Gasteiger partial charge is 0.386 e. The average Bonchev–Trinajstić information content (AvgIpc) is 2.67. The molecule has 0 unspecified atom stereocenters. The van der Waals surface area contributed by atoms with E-state index in [1.165, 1.54) is 30.5 Å². The fraction of sp³-hybridized carbons (Fsp3) is 0.0588. The van der Waals surface area contributed by atoms with E-state index in [1.54, 1.807) is 6.07 Å². The van der Waals surface area contributed by atoms with Crippen LogP contribution in [0.2, 0.25) is 10.0 Å². The molecule has 2 rings (SSSR count). The third-order valence-electron chi connectivity index (χ3n) is 2.67. The lowest BCUT2D eigenvalue weighted by Crippen LogP contribution is -2.23. The van der Waals surface area contributed by atoms with Gasteiger partial charge < -0.3 is 23.0 Å². The summed E-state index contributed by atoms with van der Waals surface area (Å²) in [5, 5.41) is 9.88. The molecule has 30 heavy (non-hydrogen) atoms. The third kappa shape index (κ3) is 13.3. The van der Waals surface area contributed by atoms with E-state index in [2.05, 4.69) is 15.9 Å². The van der Waals surface area contributed by atoms with Gasteiger partial charge >= 0.3 is 0 Å². The van der Waals surface area contributed by atoms with Crippen LogP contribution in [0.15, 0.2) is 46.5 Å². The summed E-state index contributed by atoms with van der Waals surface area (Å²) in [4.78, 5) is 13.9. The number of nitrogens with one attached hydrogen (secondary N) is 1. The van der Waals surface area contributed by atoms with Crippen LogP contribution in [0.4, 0.5) is 8.78 Å². The van der Waals surface area contributed by atoms with Gasteiger partial charge in [-0.2, -0.15) is 0 Å². The molecule has 0 saturated carbocycles. The van der Waals surface area contributed by atoms with E-state index in [9.17, 15) is 13.6 Å². The zero-order valence-corrected chi connectivity index (χ0v) is 17.7. The first-order chi connectivity index (χ1) is 13.6. The lowest BCUT2D eigenvalue weighted by atomic mass is 10.2. The predicted molar refractivity (Wildman–Crippen MR) is 120 cm³/mol. The average molecular weight is 483 g/mol. The second-order valence-electron chi connectivity index (χ2n) is 5.01. The normalized spacial score (nSPS) is 9.20. The monoisotopic (exact) mass is 481 g/mol. The SMILES string of the molecule is Cl.N=C(N)CN=Cc1ccc(Cl)c(F)c1.NN=C(N)N.O=Cc1ccc(Cl)c(F)c1. The zero-order valence-electron chi connectivity index (χ0n) is 15.4. The van der Waals surface area contributed by atoms with E-state index in [-0.39, 0.29) is 40.8 Å². The van der Waals surface area contributed by atoms with Gasteiger partial charge in [0.15, 0.2) is 0 Å². The number of halogens is 5. The van der Waals surface area contributed by atoms with Crippen molar-refractivity contribution in [3.8, 4) is 0 Å². The van der Waals surface area contributed by atoms with Crippen molar-refractivity contribution in [1.29, 1.82) is 5.41 Å². The quantitative estimate of drug-likeness (QED) is 0.148. The van der Waals surface area contributed by atoms with Gasteiger partial charge in [-0.05, 0) is 29.8 Å². The molecule has 13 heteroatoms. The summed E-state index contributed by atoms with van der Waals surface area (Å²) < 4.78 is 25.4. The molecular formula is C17H20Cl3F2N7O. The first-order valence-corrected chi connectivity index (χ1v) is 8.33. The molecule has 0 fully saturated rings. The van der Waals surface area contributed by atoms with Crippen LogP contribution in [0.3, 0.4) is 0 Å². The van der Waals surface area contributed by atoms with Gasteiger partial charge in [-0.1, -0.05) is 35.3 Å². The first kappa shape index (κ1) is 29.3. The van der Waals surface area contributed by atoms with Gasteiger partial charge in [0, 0.05) is 11.8 Å². The number of aldehydes is 1. The van der Waals surface area contributed by atoms with Gasteiger partial charge in [0.1, 0.15) is 23.8 Å². The lowest BCUT2D eigenvalue weighted by Gasteiger charge is -1.95. The van der Waals surface area contributed by atoms with E-state index < -0.39 is 11.6 Å². The molecule has 0 bridgehead atoms. The first-order valence-electron chi connectivity index (χ1n) is 7.57. The summed E-state index contributed by atoms with van der Waals surface area (Å²) in [5.41, 5.74) is 15.4. The van der Waals surface area contributed by atoms with Gasteiger partial charge in [0.05, 0.1) is 16.6 Å². The minimum Gasteiger partial charge on any atom is -0.386 e. The molecule has 2 aromatic carbocycles. The predicted octanol–water partition coefficient (Wildman–Crippen LogP) is 2.68. The number of guanidine groups is 1. The van der Waals surface area contributed by atoms with E-state index in [4.69, 9.17) is 45.8 Å². The molecule has 9 N–H and O–H groups in total. The van der Waals surface area contributed by atoms with Crippen LogP contribution in [0.5, 0.6) is 0 Å². The highest BCUT2D eigenvalue weighted by atomic mass is 35.5. The minimum atomic E-state index is -0.564. The molecule has 8 nitrogen and oxygen atoms in total. The maximum atomic E-state index is 12.9. The number of benzene rings is 2. The van der Waals surface area contributed by atoms with Crippen molar-refractivity contribution in [2.45, 2.75) is 0 Å². The maximum Gasteiger partial charge on any atom is 0.208 e. The van der Waals surface area contributed by atoms with Crippen LogP contribution in [0.25, 0.3) is 0 Å². The lowest BCUT2D eigenvalue weighted by molar-refractivity contribution is 0.112. The summed E-state index contributed by atoms with van der Waals surface area (Å²) in [7, 11) is 0. The Balaban J connectivity index is 0. The summed E-state index contributed by atoms with van der Waals surface area (Å²) in [6.45, 7) is 0.115. The van der Waals surface area contributed by atoms with E-state index >= 15 is 0 Å². The molecule has 2 aromatic rings. The Hall–Kier alpha value is -2.95. The molecule has 0 radical (unpaired) electrons. The molecular weight excluding hydrogens is 463 g/mol. The highest BCUT2D eigenvalue weighted by Crippen LogP contribution is 2.15. The molecule has 0 heterocycles. The van der Waals surface area contributed by atoms with Gasteiger partial charge in [-0.25, -0.2) is 8.78 Å². The van der Waals surface area contributed by atoms with E-state index in [0.29, 0.717) is 17.4 Å². The number of carbonyl (C=O) groups is 1. The number of carbonyl (C=O) groups excluding carboxylic acids is 1. The van der Waals surface area contributed by atoms with E-state index in [0.717, 1.165) is 6.07 Å². The molecule has 0 aliphatic carbocycles. The van der Waals surface area contributed by atoms with E-state index in [1.807, 2.05) is 0 Å². The van der Waals surface area contributed by atoms with Crippen molar-refractivity contribution in [1.82, 2.24) is 0 Å². The van der Waals surface area contributed by atoms with Crippen molar-refractivity contribution >= 4 is 59.9 Å². The Morgan fingerprint density at radius 2 is 1.43 bits per heavy atom. The number of rotatable bonds is 4. The molecule has 0 saturated heterocycles. The minimum absolute atomic E-state index is 0. The summed E-state index contributed by atoms with van der Waals surface area (Å²) in [6.07, 6.45) is 2.01. The summed E-state index contributed by atoms with van der Waals surface area (Å²) in [6, 6.07) is 8.25. The highest BCUT2D eigenvalue weighted by molar-refractivity contribution is 6.31. The number of hydrazone groups is 1. The highest BCUT2D eigenvalue weighted by Gasteiger charge is 1.99. The Kier molecular flexibility index (Phi) is 15.5. The van der Waals surface area contributed by atoms with Crippen molar-refractivity contribution in [2.24, 2.45) is 33.1 Å². The number of nitrogens with two attached hydrogens (primary N) is 4. The smallest absolute Gasteiger partial charge is 0.208 e. The molecule has 0 aliphatic rings. The molecule has 0 spiro atoms. The fourth-order valence-corrected chi connectivity index (χ4v) is 1.66. The van der Waals surface area contributed by atoms with Gasteiger partial charge in [0.2, 0.25) is 5.96 Å². The van der Waals surface area contributed by atoms with Crippen molar-refractivity contribution in [2.75, 3.05) is 6.54 Å². The number of nitrogens with zero attached hydrogens (tertiary/aromatic N) is 2. The molecule has 0 aromatic heterocycles. The van der Waals surface area contributed by atoms with Gasteiger partial charge in [-0.15, -0.1) is 17.5 Å². The summed E-state index contributed by atoms with van der Waals surface area (Å²) >= 11 is 10.8. The Morgan fingerprint density at radius 1 is 1.00 bits per heavy atom. The molecule has 0 aliphatic heterocycles. The number of hydrogen-bond donors (Lipinski definition) is 5. The van der Waals surface area contributed by atoms with Crippen LogP contribution in [-0.2, 0) is 0 Å². The van der Waals surface area contributed by atoms with Gasteiger partial charge in [0.25, 0.3) is 0 Å². The second kappa shape index (κ2) is 15.9. The number of amidine groups is 1. The van der Waals surface area contributed by atoms with Crippen molar-refractivity contribution < 1.29 is 13.6 Å². The second-order valence-corrected chi connectivity index (χ2v) is 5.83. The van der Waals surface area contributed by atoms with Crippen LogP contribution >= 0.6 is 35.6 Å². The summed E-state index contributed by atoms with van der Waals surface area (Å²) in [5.74, 6) is 3.33. The van der Waals surface area contributed by atoms with Gasteiger partial charge in [-0.3, -0.25) is 15.2 Å². The van der Waals surface area contributed by atoms with Crippen molar-refractivity contribution in [3.05, 3.63) is 69.2 Å². The maximum absolute atomic E-state index is 12.9. The zero-order chi connectivity index (χ0) is 22.4. The third-order valence-corrected chi connectivity index (χ3v) is 3.29.